The van der Waals surface area contributed by atoms with E-state index in [1.54, 1.807) is 6.92 Å². The highest BCUT2D eigenvalue weighted by Gasteiger charge is 2.07. The van der Waals surface area contributed by atoms with Crippen LogP contribution in [-0.2, 0) is 0 Å². The second-order valence-corrected chi connectivity index (χ2v) is 4.27. The topological polar surface area (TPSA) is 47.3 Å². The molecule has 0 spiro atoms. The summed E-state index contributed by atoms with van der Waals surface area (Å²) in [5, 5.41) is 4.76. The fourth-order valence-electron chi connectivity index (χ4n) is 1.54. The summed E-state index contributed by atoms with van der Waals surface area (Å²) in [5.41, 5.74) is -0.0973. The standard InChI is InChI=1S/C10H7N3OS/c1-6-11-10-13(12-6)9(14)7-4-2-3-5-8(7)15-10/h2-5H,1H3. The van der Waals surface area contributed by atoms with Crippen molar-refractivity contribution in [1.82, 2.24) is 14.6 Å². The predicted molar refractivity (Wildman–Crippen MR) is 59.4 cm³/mol. The molecular weight excluding hydrogens is 210 g/mol. The zero-order valence-corrected chi connectivity index (χ0v) is 8.78. The van der Waals surface area contributed by atoms with Crippen molar-refractivity contribution in [2.45, 2.75) is 6.92 Å². The van der Waals surface area contributed by atoms with Crippen LogP contribution in [0.5, 0.6) is 0 Å². The van der Waals surface area contributed by atoms with Gasteiger partial charge >= 0.3 is 0 Å². The Balaban J connectivity index is 2.65. The van der Waals surface area contributed by atoms with Gasteiger partial charge in [-0.25, -0.2) is 4.98 Å². The lowest BCUT2D eigenvalue weighted by molar-refractivity contribution is 0.910. The Bertz CT molecular complexity index is 713. The third-order valence-corrected chi connectivity index (χ3v) is 3.22. The Hall–Kier alpha value is -1.75. The summed E-state index contributed by atoms with van der Waals surface area (Å²) in [5.74, 6) is 0.624. The molecule has 3 rings (SSSR count). The molecule has 0 atom stereocenters. The van der Waals surface area contributed by atoms with Gasteiger partial charge in [0.1, 0.15) is 5.82 Å². The highest BCUT2D eigenvalue weighted by atomic mass is 32.1. The van der Waals surface area contributed by atoms with E-state index in [1.165, 1.54) is 15.9 Å². The lowest BCUT2D eigenvalue weighted by Crippen LogP contribution is -2.12. The van der Waals surface area contributed by atoms with Gasteiger partial charge in [-0.2, -0.15) is 4.52 Å². The van der Waals surface area contributed by atoms with Gasteiger partial charge in [-0.15, -0.1) is 5.10 Å². The molecule has 3 aromatic rings. The first-order valence-corrected chi connectivity index (χ1v) is 5.32. The first-order chi connectivity index (χ1) is 7.25. The molecule has 4 nitrogen and oxygen atoms in total. The zero-order valence-electron chi connectivity index (χ0n) is 7.97. The highest BCUT2D eigenvalue weighted by Crippen LogP contribution is 2.17. The van der Waals surface area contributed by atoms with Crippen molar-refractivity contribution < 1.29 is 0 Å². The molecular formula is C10H7N3OS. The molecule has 0 N–H and O–H groups in total. The van der Waals surface area contributed by atoms with Gasteiger partial charge in [-0.05, 0) is 19.1 Å². The zero-order chi connectivity index (χ0) is 10.4. The molecule has 74 valence electrons. The second kappa shape index (κ2) is 2.87. The van der Waals surface area contributed by atoms with Crippen LogP contribution in [0, 0.1) is 6.92 Å². The molecule has 0 radical (unpaired) electrons. The van der Waals surface area contributed by atoms with Gasteiger partial charge in [0.25, 0.3) is 5.56 Å². The number of hydrogen-bond donors (Lipinski definition) is 0. The van der Waals surface area contributed by atoms with Crippen molar-refractivity contribution in [3.63, 3.8) is 0 Å². The van der Waals surface area contributed by atoms with E-state index < -0.39 is 0 Å². The number of nitrogens with zero attached hydrogens (tertiary/aromatic N) is 3. The Labute approximate surface area is 88.8 Å². The molecule has 5 heteroatoms. The maximum atomic E-state index is 12.0. The lowest BCUT2D eigenvalue weighted by atomic mass is 10.3. The molecule has 0 amide bonds. The Morgan fingerprint density at radius 2 is 2.13 bits per heavy atom. The van der Waals surface area contributed by atoms with Crippen molar-refractivity contribution in [3.8, 4) is 0 Å². The minimum absolute atomic E-state index is 0.0973. The van der Waals surface area contributed by atoms with Crippen LogP contribution in [-0.4, -0.2) is 14.6 Å². The van der Waals surface area contributed by atoms with E-state index in [0.29, 0.717) is 16.2 Å². The molecule has 0 aliphatic heterocycles. The van der Waals surface area contributed by atoms with Crippen LogP contribution in [0.3, 0.4) is 0 Å². The van der Waals surface area contributed by atoms with Crippen LogP contribution in [0.4, 0.5) is 0 Å². The van der Waals surface area contributed by atoms with E-state index in [0.717, 1.165) is 4.70 Å². The van der Waals surface area contributed by atoms with Crippen molar-refractivity contribution >= 4 is 26.4 Å². The minimum Gasteiger partial charge on any atom is -0.267 e. The van der Waals surface area contributed by atoms with Gasteiger partial charge in [0.05, 0.1) is 5.39 Å². The minimum atomic E-state index is -0.0973. The third-order valence-electron chi connectivity index (χ3n) is 2.19. The van der Waals surface area contributed by atoms with Crippen molar-refractivity contribution in [2.75, 3.05) is 0 Å². The summed E-state index contributed by atoms with van der Waals surface area (Å²) in [4.78, 5) is 16.8. The summed E-state index contributed by atoms with van der Waals surface area (Å²) in [6.45, 7) is 1.78. The fraction of sp³-hybridized carbons (Fsp3) is 0.100. The van der Waals surface area contributed by atoms with Crippen molar-refractivity contribution in [3.05, 3.63) is 40.4 Å². The Morgan fingerprint density at radius 3 is 3.00 bits per heavy atom. The highest BCUT2D eigenvalue weighted by molar-refractivity contribution is 7.23. The first-order valence-electron chi connectivity index (χ1n) is 4.51. The molecule has 2 aromatic heterocycles. The number of aryl methyl sites for hydroxylation is 1. The lowest BCUT2D eigenvalue weighted by Gasteiger charge is -1.94. The summed E-state index contributed by atoms with van der Waals surface area (Å²) >= 11 is 1.48. The molecule has 0 saturated heterocycles. The molecule has 0 unspecified atom stereocenters. The number of rotatable bonds is 0. The van der Waals surface area contributed by atoms with Gasteiger partial charge in [0.15, 0.2) is 0 Å². The molecule has 0 aliphatic carbocycles. The molecule has 0 saturated carbocycles. The number of aromatic nitrogens is 3. The van der Waals surface area contributed by atoms with Crippen molar-refractivity contribution in [2.24, 2.45) is 0 Å². The summed E-state index contributed by atoms with van der Waals surface area (Å²) in [6.07, 6.45) is 0. The van der Waals surface area contributed by atoms with Crippen LogP contribution in [0.2, 0.25) is 0 Å². The Morgan fingerprint density at radius 1 is 1.33 bits per heavy atom. The van der Waals surface area contributed by atoms with Crippen LogP contribution in [0.1, 0.15) is 5.82 Å². The fourth-order valence-corrected chi connectivity index (χ4v) is 2.54. The molecule has 2 heterocycles. The Kier molecular flexibility index (Phi) is 1.63. The largest absolute Gasteiger partial charge is 0.282 e. The number of benzene rings is 1. The van der Waals surface area contributed by atoms with Crippen LogP contribution in [0.15, 0.2) is 29.1 Å². The van der Waals surface area contributed by atoms with Crippen LogP contribution in [0.25, 0.3) is 15.0 Å². The van der Waals surface area contributed by atoms with Crippen LogP contribution < -0.4 is 5.56 Å². The smallest absolute Gasteiger partial charge is 0.267 e. The van der Waals surface area contributed by atoms with Gasteiger partial charge in [0.2, 0.25) is 4.96 Å². The van der Waals surface area contributed by atoms with Crippen LogP contribution >= 0.6 is 11.3 Å². The quantitative estimate of drug-likeness (QED) is 0.574. The molecule has 0 fully saturated rings. The molecule has 1 aromatic carbocycles. The van der Waals surface area contributed by atoms with Gasteiger partial charge in [-0.3, -0.25) is 4.79 Å². The van der Waals surface area contributed by atoms with Crippen molar-refractivity contribution in [1.29, 1.82) is 0 Å². The predicted octanol–water partition coefficient (Wildman–Crippen LogP) is 1.61. The van der Waals surface area contributed by atoms with E-state index >= 15 is 0 Å². The van der Waals surface area contributed by atoms with Gasteiger partial charge < -0.3 is 0 Å². The number of hydrogen-bond acceptors (Lipinski definition) is 4. The van der Waals surface area contributed by atoms with E-state index in [9.17, 15) is 4.79 Å². The van der Waals surface area contributed by atoms with E-state index in [4.69, 9.17) is 0 Å². The maximum absolute atomic E-state index is 12.0. The molecule has 0 aliphatic rings. The third kappa shape index (κ3) is 1.16. The summed E-state index contributed by atoms with van der Waals surface area (Å²) < 4.78 is 2.31. The van der Waals surface area contributed by atoms with Gasteiger partial charge in [-0.1, -0.05) is 23.5 Å². The van der Waals surface area contributed by atoms with E-state index in [2.05, 4.69) is 10.1 Å². The first kappa shape index (κ1) is 8.55. The molecule has 15 heavy (non-hydrogen) atoms. The van der Waals surface area contributed by atoms with E-state index in [1.807, 2.05) is 24.3 Å². The summed E-state index contributed by atoms with van der Waals surface area (Å²) in [6, 6.07) is 7.50. The van der Waals surface area contributed by atoms with E-state index in [-0.39, 0.29) is 5.56 Å². The summed E-state index contributed by atoms with van der Waals surface area (Å²) in [7, 11) is 0. The monoisotopic (exact) mass is 217 g/mol. The second-order valence-electron chi connectivity index (χ2n) is 3.26. The average Bonchev–Trinajstić information content (AvgIpc) is 2.59. The van der Waals surface area contributed by atoms with Gasteiger partial charge in [0, 0.05) is 4.70 Å². The number of fused-ring (bicyclic) bond motifs is 2. The normalized spacial score (nSPS) is 11.3. The average molecular weight is 217 g/mol. The maximum Gasteiger partial charge on any atom is 0.282 e. The molecule has 0 bridgehead atoms. The SMILES string of the molecule is Cc1nc2sc3ccccc3c(=O)n2n1.